The fraction of sp³-hybridized carbons (Fsp3) is 0.273. The third kappa shape index (κ3) is 4.97. The van der Waals surface area contributed by atoms with Gasteiger partial charge in [-0.25, -0.2) is 0 Å². The van der Waals surface area contributed by atoms with Gasteiger partial charge in [0.2, 0.25) is 0 Å². The number of nitrogens with one attached hydrogen (secondary N) is 1. The zero-order valence-electron chi connectivity index (χ0n) is 11.1. The third-order valence-corrected chi connectivity index (χ3v) is 3.19. The van der Waals surface area contributed by atoms with Crippen LogP contribution in [-0.2, 0) is 9.53 Å². The molecule has 0 aliphatic rings. The quantitative estimate of drug-likeness (QED) is 0.307. The van der Waals surface area contributed by atoms with E-state index in [1.807, 2.05) is 0 Å². The Bertz CT molecular complexity index is 540. The van der Waals surface area contributed by atoms with Crippen molar-refractivity contribution in [3.8, 4) is 11.5 Å². The van der Waals surface area contributed by atoms with Crippen molar-refractivity contribution in [2.45, 2.75) is 4.90 Å². The third-order valence-electron chi connectivity index (χ3n) is 2.32. The zero-order chi connectivity index (χ0) is 16.0. The second-order valence-electron chi connectivity index (χ2n) is 3.60. The number of aromatic hydroxyl groups is 1. The highest BCUT2D eigenvalue weighted by Crippen LogP contribution is 2.36. The Kier molecular flexibility index (Phi) is 6.56. The number of hydrogen-bond donors (Lipinski definition) is 3. The maximum Gasteiger partial charge on any atom is 0.325 e. The fourth-order valence-electron chi connectivity index (χ4n) is 1.36. The van der Waals surface area contributed by atoms with Crippen LogP contribution < -0.4 is 10.1 Å². The molecule has 1 aromatic carbocycles. The number of halogens is 1. The number of benzene rings is 1. The van der Waals surface area contributed by atoms with Gasteiger partial charge in [-0.2, -0.15) is 0 Å². The van der Waals surface area contributed by atoms with E-state index in [9.17, 15) is 14.7 Å². The van der Waals surface area contributed by atoms with Crippen LogP contribution in [0.5, 0.6) is 11.5 Å². The minimum absolute atomic E-state index is 0.110. The summed E-state index contributed by atoms with van der Waals surface area (Å²) in [7, 11) is 2.54. The lowest BCUT2D eigenvalue weighted by atomic mass is 10.1. The van der Waals surface area contributed by atoms with Gasteiger partial charge in [-0.3, -0.25) is 14.8 Å². The van der Waals surface area contributed by atoms with E-state index in [-0.39, 0.29) is 28.5 Å². The van der Waals surface area contributed by atoms with Crippen molar-refractivity contribution in [1.82, 2.24) is 9.30 Å². The van der Waals surface area contributed by atoms with Gasteiger partial charge in [0.15, 0.2) is 0 Å². The van der Waals surface area contributed by atoms with Crippen LogP contribution in [0.25, 0.3) is 0 Å². The van der Waals surface area contributed by atoms with Gasteiger partial charge in [0.05, 0.1) is 24.7 Å². The summed E-state index contributed by atoms with van der Waals surface area (Å²) in [6.45, 7) is -0.342. The van der Waals surface area contributed by atoms with E-state index in [1.165, 1.54) is 26.4 Å². The van der Waals surface area contributed by atoms with Gasteiger partial charge in [0.25, 0.3) is 5.91 Å². The molecule has 0 spiro atoms. The monoisotopic (exact) mass is 336 g/mol. The normalized spacial score (nSPS) is 10.3. The standard InChI is InChI=1S/C11H13ClN2O6S/c1-19-8-4-7(15)6(3-9(8)21-14(12)18)11(17)13-5-10(16)20-2/h3-4,15,18H,5H2,1-2H3,(H,13,17). The Morgan fingerprint density at radius 2 is 2.10 bits per heavy atom. The van der Waals surface area contributed by atoms with Gasteiger partial charge in [-0.15, -0.1) is 0 Å². The number of carbonyl (C=O) groups is 2. The van der Waals surface area contributed by atoms with E-state index in [4.69, 9.17) is 21.7 Å². The second-order valence-corrected chi connectivity index (χ2v) is 5.09. The van der Waals surface area contributed by atoms with Crippen LogP contribution >= 0.6 is 23.7 Å². The van der Waals surface area contributed by atoms with Crippen molar-refractivity contribution in [1.29, 1.82) is 0 Å². The number of nitrogens with zero attached hydrogens (tertiary/aromatic N) is 1. The first-order valence-electron chi connectivity index (χ1n) is 5.47. The predicted molar refractivity (Wildman–Crippen MR) is 74.3 cm³/mol. The van der Waals surface area contributed by atoms with Crippen molar-refractivity contribution in [3.63, 3.8) is 0 Å². The van der Waals surface area contributed by atoms with Crippen molar-refractivity contribution in [2.24, 2.45) is 0 Å². The Labute approximate surface area is 129 Å². The Morgan fingerprint density at radius 1 is 1.43 bits per heavy atom. The number of esters is 1. The number of ether oxygens (including phenoxy) is 2. The lowest BCUT2D eigenvalue weighted by Gasteiger charge is -2.13. The van der Waals surface area contributed by atoms with Gasteiger partial charge < -0.3 is 19.9 Å². The number of phenolic OH excluding ortho intramolecular Hbond substituents is 1. The van der Waals surface area contributed by atoms with Crippen LogP contribution in [0, 0.1) is 0 Å². The summed E-state index contributed by atoms with van der Waals surface area (Å²) in [5.41, 5.74) is -0.110. The van der Waals surface area contributed by atoms with Crippen LogP contribution in [0.2, 0.25) is 0 Å². The van der Waals surface area contributed by atoms with Crippen LogP contribution in [0.1, 0.15) is 10.4 Å². The van der Waals surface area contributed by atoms with Crippen molar-refractivity contribution < 1.29 is 29.4 Å². The summed E-state index contributed by atoms with van der Waals surface area (Å²) in [4.78, 5) is 23.1. The largest absolute Gasteiger partial charge is 0.507 e. The number of carbonyl (C=O) groups excluding carboxylic acids is 2. The molecule has 0 saturated heterocycles. The molecular formula is C11H13ClN2O6S. The first-order valence-corrected chi connectivity index (χ1v) is 6.59. The van der Waals surface area contributed by atoms with E-state index in [2.05, 4.69) is 10.1 Å². The molecule has 3 N–H and O–H groups in total. The number of hydrogen-bond acceptors (Lipinski definition) is 8. The molecule has 116 valence electrons. The lowest BCUT2D eigenvalue weighted by Crippen LogP contribution is -2.30. The summed E-state index contributed by atoms with van der Waals surface area (Å²) < 4.78 is 9.67. The highest BCUT2D eigenvalue weighted by molar-refractivity contribution is 7.97. The van der Waals surface area contributed by atoms with Gasteiger partial charge >= 0.3 is 5.97 Å². The molecule has 0 radical (unpaired) electrons. The smallest absolute Gasteiger partial charge is 0.325 e. The summed E-state index contributed by atoms with van der Waals surface area (Å²) >= 11 is 5.97. The van der Waals surface area contributed by atoms with E-state index >= 15 is 0 Å². The fourth-order valence-corrected chi connectivity index (χ4v) is 2.15. The topological polar surface area (TPSA) is 108 Å². The number of phenols is 1. The van der Waals surface area contributed by atoms with Gasteiger partial charge in [0, 0.05) is 29.8 Å². The molecule has 0 heterocycles. The molecule has 1 amide bonds. The van der Waals surface area contributed by atoms with Gasteiger partial charge in [-0.05, 0) is 10.1 Å². The molecule has 8 nitrogen and oxygen atoms in total. The molecular weight excluding hydrogens is 324 g/mol. The Hall–Kier alpha value is -1.68. The maximum absolute atomic E-state index is 11.9. The molecule has 0 aliphatic heterocycles. The zero-order valence-corrected chi connectivity index (χ0v) is 12.7. The molecule has 0 unspecified atom stereocenters. The van der Waals surface area contributed by atoms with Gasteiger partial charge in [0.1, 0.15) is 18.0 Å². The molecule has 0 aromatic heterocycles. The first kappa shape index (κ1) is 17.4. The minimum atomic E-state index is -0.693. The highest BCUT2D eigenvalue weighted by atomic mass is 35.5. The van der Waals surface area contributed by atoms with E-state index < -0.39 is 11.9 Å². The SMILES string of the molecule is COC(=O)CNC(=O)c1cc(SN(O)Cl)c(OC)cc1O. The average Bonchev–Trinajstić information content (AvgIpc) is 2.45. The number of methoxy groups -OCH3 is 2. The molecule has 0 atom stereocenters. The molecule has 0 fully saturated rings. The highest BCUT2D eigenvalue weighted by Gasteiger charge is 2.18. The summed E-state index contributed by atoms with van der Waals surface area (Å²) in [5.74, 6) is -1.46. The van der Waals surface area contributed by atoms with E-state index in [1.54, 1.807) is 0 Å². The molecule has 0 saturated carbocycles. The van der Waals surface area contributed by atoms with Crippen molar-refractivity contribution in [3.05, 3.63) is 17.7 Å². The van der Waals surface area contributed by atoms with E-state index in [0.717, 1.165) is 0 Å². The summed E-state index contributed by atoms with van der Waals surface area (Å²) in [6.07, 6.45) is 0. The summed E-state index contributed by atoms with van der Waals surface area (Å²) in [6, 6.07) is 2.45. The second kappa shape index (κ2) is 7.93. The molecule has 10 heteroatoms. The van der Waals surface area contributed by atoms with Crippen LogP contribution in [0.4, 0.5) is 0 Å². The molecule has 0 bridgehead atoms. The Balaban J connectivity index is 3.00. The van der Waals surface area contributed by atoms with Crippen LogP contribution in [0.3, 0.4) is 0 Å². The van der Waals surface area contributed by atoms with Gasteiger partial charge in [-0.1, -0.05) is 0 Å². The molecule has 1 aromatic rings. The average molecular weight is 337 g/mol. The van der Waals surface area contributed by atoms with Crippen molar-refractivity contribution >= 4 is 35.6 Å². The maximum atomic E-state index is 11.9. The predicted octanol–water partition coefficient (Wildman–Crippen LogP) is 1.16. The first-order chi connectivity index (χ1) is 9.88. The molecule has 1 rings (SSSR count). The molecule has 21 heavy (non-hydrogen) atoms. The van der Waals surface area contributed by atoms with Crippen LogP contribution in [-0.4, -0.2) is 46.9 Å². The van der Waals surface area contributed by atoms with Crippen LogP contribution in [0.15, 0.2) is 17.0 Å². The minimum Gasteiger partial charge on any atom is -0.507 e. The Morgan fingerprint density at radius 3 is 2.62 bits per heavy atom. The van der Waals surface area contributed by atoms with Crippen molar-refractivity contribution in [2.75, 3.05) is 20.8 Å². The lowest BCUT2D eigenvalue weighted by molar-refractivity contribution is -0.139. The summed E-state index contributed by atoms with van der Waals surface area (Å²) in [5, 5.41) is 21.1. The number of amides is 1. The molecule has 0 aliphatic carbocycles. The number of rotatable bonds is 6. The van der Waals surface area contributed by atoms with E-state index in [0.29, 0.717) is 15.9 Å².